The topological polar surface area (TPSA) is 11.3 Å². The average molecular weight is 145 g/mol. The fraction of sp³-hybridized carbons (Fsp3) is 0.444. The van der Waals surface area contributed by atoms with E-state index >= 15 is 0 Å². The zero-order chi connectivity index (χ0) is 14.4. The van der Waals surface area contributed by atoms with E-state index in [9.17, 15) is 0 Å². The molecule has 0 aliphatic heterocycles. The molecule has 0 saturated carbocycles. The van der Waals surface area contributed by atoms with Crippen molar-refractivity contribution in [3.63, 3.8) is 0 Å². The first kappa shape index (κ1) is 2.07. The van der Waals surface area contributed by atoms with Gasteiger partial charge in [0.2, 0.25) is 0 Å². The molecule has 0 unspecified atom stereocenters. The Morgan fingerprint density at radius 1 is 1.60 bits per heavy atom. The maximum atomic E-state index is 7.48. The highest BCUT2D eigenvalue weighted by Gasteiger charge is 2.06. The molecule has 1 aromatic rings. The Bertz CT molecular complexity index is 360. The maximum Gasteiger partial charge on any atom is 0.329 e. The smallest absolute Gasteiger partial charge is 0.218 e. The van der Waals surface area contributed by atoms with Crippen LogP contribution in [-0.4, -0.2) is 0 Å². The normalized spacial score (nSPS) is 25.7. The third kappa shape index (κ3) is 1.56. The second kappa shape index (κ2) is 2.82. The maximum absolute atomic E-state index is 7.48. The largest absolute Gasteiger partial charge is 0.329 e. The van der Waals surface area contributed by atoms with Gasteiger partial charge in [0, 0.05) is 23.1 Å². The molecule has 0 aromatic carbocycles. The van der Waals surface area contributed by atoms with Gasteiger partial charge in [0.1, 0.15) is 0 Å². The Labute approximate surface area is 72.9 Å². The van der Waals surface area contributed by atoms with Crippen molar-refractivity contribution in [1.82, 2.24) is 0 Å². The van der Waals surface area contributed by atoms with Gasteiger partial charge in [-0.1, -0.05) is 6.92 Å². The van der Waals surface area contributed by atoms with Crippen LogP contribution in [0.4, 0.5) is 0 Å². The van der Waals surface area contributed by atoms with E-state index in [-0.39, 0.29) is 11.3 Å². The molecule has 0 spiro atoms. The summed E-state index contributed by atoms with van der Waals surface area (Å²) in [7, 11) is 0. The summed E-state index contributed by atoms with van der Waals surface area (Å²) in [5.41, 5.74) is -0.249. The van der Waals surface area contributed by atoms with Crippen LogP contribution in [0.1, 0.15) is 35.0 Å². The van der Waals surface area contributed by atoms with Gasteiger partial charge in [-0.15, -0.1) is 0 Å². The van der Waals surface area contributed by atoms with Crippen molar-refractivity contribution >= 4 is 0 Å². The number of hydrogen-bond donors (Lipinski definition) is 0. The van der Waals surface area contributed by atoms with Crippen molar-refractivity contribution in [3.05, 3.63) is 29.2 Å². The van der Waals surface area contributed by atoms with Gasteiger partial charge in [-0.3, -0.25) is 0 Å². The number of aryl methyl sites for hydroxylation is 3. The second-order valence-electron chi connectivity index (χ2n) is 1.82. The van der Waals surface area contributed by atoms with Gasteiger partial charge in [-0.2, -0.15) is 0 Å². The standard InChI is InChI=1S/C9H13O/c1-4-9-6-7(2)5-8(3)10-9/h5-6H,4H2,1-3H3/q+1/i2D3,3D3,4D2. The molecule has 1 aromatic heterocycles. The molecule has 0 fully saturated rings. The zero-order valence-corrected chi connectivity index (χ0v) is 5.56. The predicted molar refractivity (Wildman–Crippen MR) is 42.0 cm³/mol. The van der Waals surface area contributed by atoms with Crippen LogP contribution < -0.4 is 0 Å². The molecule has 0 aliphatic carbocycles. The van der Waals surface area contributed by atoms with E-state index < -0.39 is 25.8 Å². The monoisotopic (exact) mass is 145 g/mol. The molecule has 54 valence electrons. The summed E-state index contributed by atoms with van der Waals surface area (Å²) in [5, 5.41) is 0. The van der Waals surface area contributed by atoms with Crippen LogP contribution in [0.15, 0.2) is 16.5 Å². The Morgan fingerprint density at radius 2 is 2.50 bits per heavy atom. The van der Waals surface area contributed by atoms with Crippen molar-refractivity contribution in [2.45, 2.75) is 27.0 Å². The van der Waals surface area contributed by atoms with Crippen molar-refractivity contribution in [1.29, 1.82) is 0 Å². The van der Waals surface area contributed by atoms with Crippen molar-refractivity contribution in [3.8, 4) is 0 Å². The Morgan fingerprint density at radius 3 is 3.10 bits per heavy atom. The zero-order valence-electron chi connectivity index (χ0n) is 13.6. The van der Waals surface area contributed by atoms with Crippen LogP contribution in [-0.2, 0) is 6.37 Å². The summed E-state index contributed by atoms with van der Waals surface area (Å²) >= 11 is 0. The molecule has 1 rings (SSSR count). The van der Waals surface area contributed by atoms with Gasteiger partial charge in [0.25, 0.3) is 0 Å². The van der Waals surface area contributed by atoms with Gasteiger partial charge < -0.3 is 0 Å². The first-order valence-corrected chi connectivity index (χ1v) is 2.81. The fourth-order valence-corrected chi connectivity index (χ4v) is 0.625. The summed E-state index contributed by atoms with van der Waals surface area (Å²) in [6.45, 7) is -3.98. The van der Waals surface area contributed by atoms with E-state index in [1.807, 2.05) is 0 Å². The fourth-order valence-electron chi connectivity index (χ4n) is 0.625. The van der Waals surface area contributed by atoms with Gasteiger partial charge in [-0.05, 0) is 12.4 Å². The Hall–Kier alpha value is -0.850. The molecule has 0 radical (unpaired) electrons. The van der Waals surface area contributed by atoms with Gasteiger partial charge >= 0.3 is 11.5 Å². The molecule has 1 nitrogen and oxygen atoms in total. The van der Waals surface area contributed by atoms with E-state index in [4.69, 9.17) is 15.4 Å². The third-order valence-corrected chi connectivity index (χ3v) is 1.04. The number of hydrogen-bond acceptors (Lipinski definition) is 0. The lowest BCUT2D eigenvalue weighted by molar-refractivity contribution is 0.469. The average Bonchev–Trinajstić information content (AvgIpc) is 2.13. The van der Waals surface area contributed by atoms with Crippen LogP contribution in [0.3, 0.4) is 0 Å². The van der Waals surface area contributed by atoms with Crippen molar-refractivity contribution < 1.29 is 15.4 Å². The molecular weight excluding hydrogens is 124 g/mol. The molecule has 0 amide bonds. The van der Waals surface area contributed by atoms with Gasteiger partial charge in [0.05, 0.1) is 13.2 Å². The predicted octanol–water partition coefficient (Wildman–Crippen LogP) is 2.74. The molecular formula is C9H13O+. The molecule has 1 heteroatoms. The highest BCUT2D eigenvalue weighted by Crippen LogP contribution is 2.08. The van der Waals surface area contributed by atoms with E-state index in [0.717, 1.165) is 12.1 Å². The van der Waals surface area contributed by atoms with E-state index in [2.05, 4.69) is 0 Å². The highest BCUT2D eigenvalue weighted by molar-refractivity contribution is 5.15. The number of rotatable bonds is 1. The van der Waals surface area contributed by atoms with E-state index in [1.54, 1.807) is 0 Å². The van der Waals surface area contributed by atoms with E-state index in [0.29, 0.717) is 0 Å². The quantitative estimate of drug-likeness (QED) is 0.553. The van der Waals surface area contributed by atoms with Crippen LogP contribution in [0.5, 0.6) is 0 Å². The first-order chi connectivity index (χ1) is 7.82. The molecule has 0 bridgehead atoms. The minimum atomic E-state index is -2.62. The lowest BCUT2D eigenvalue weighted by atomic mass is 10.2. The van der Waals surface area contributed by atoms with Crippen LogP contribution in [0, 0.1) is 13.7 Å². The summed E-state index contributed by atoms with van der Waals surface area (Å²) in [6.07, 6.45) is -1.96. The Balaban J connectivity index is 3.49. The lowest BCUT2D eigenvalue weighted by Crippen LogP contribution is -1.83. The van der Waals surface area contributed by atoms with Crippen LogP contribution in [0.25, 0.3) is 0 Å². The summed E-state index contributed by atoms with van der Waals surface area (Å²) < 4.78 is 63.3. The molecule has 0 N–H and O–H groups in total. The van der Waals surface area contributed by atoms with E-state index in [1.165, 1.54) is 6.92 Å². The summed E-state index contributed by atoms with van der Waals surface area (Å²) in [5.74, 6) is -0.848. The molecule has 0 saturated heterocycles. The molecule has 1 heterocycles. The molecule has 10 heavy (non-hydrogen) atoms. The molecule has 0 atom stereocenters. The van der Waals surface area contributed by atoms with Crippen LogP contribution in [0.2, 0.25) is 0 Å². The third-order valence-electron chi connectivity index (χ3n) is 1.04. The van der Waals surface area contributed by atoms with Crippen LogP contribution >= 0.6 is 0 Å². The SMILES string of the molecule is [2H]C([2H])([2H])c1cc(C([2H])([2H])[2H])[o+]c(C([2H])([2H])C)c1. The van der Waals surface area contributed by atoms with Gasteiger partial charge in [-0.25, -0.2) is 4.42 Å². The molecule has 0 aliphatic rings. The summed E-state index contributed by atoms with van der Waals surface area (Å²) in [4.78, 5) is 0. The van der Waals surface area contributed by atoms with Crippen molar-refractivity contribution in [2.75, 3.05) is 0 Å². The Kier molecular flexibility index (Phi) is 0.583. The first-order valence-electron chi connectivity index (χ1n) is 6.81. The van der Waals surface area contributed by atoms with Crippen molar-refractivity contribution in [2.24, 2.45) is 0 Å². The minimum Gasteiger partial charge on any atom is -0.218 e. The summed E-state index contributed by atoms with van der Waals surface area (Å²) in [6, 6.07) is 1.96. The minimum absolute atomic E-state index is 0.249. The lowest BCUT2D eigenvalue weighted by Gasteiger charge is -1.87. The highest BCUT2D eigenvalue weighted by atomic mass is 16.3. The second-order valence-corrected chi connectivity index (χ2v) is 1.82. The van der Waals surface area contributed by atoms with Gasteiger partial charge in [0.15, 0.2) is 0 Å².